The fraction of sp³-hybridized carbons (Fsp3) is 0.0938. The molecule has 6 nitrogen and oxygen atoms in total. The van der Waals surface area contributed by atoms with Crippen molar-refractivity contribution in [2.45, 2.75) is 13.8 Å². The summed E-state index contributed by atoms with van der Waals surface area (Å²) < 4.78 is 5.23. The fourth-order valence-electron chi connectivity index (χ4n) is 4.17. The van der Waals surface area contributed by atoms with Gasteiger partial charge in [-0.05, 0) is 66.7 Å². The molecule has 0 heterocycles. The molecule has 0 amide bonds. The number of esters is 1. The number of allylic oxidation sites excluding steroid dienone is 1. The van der Waals surface area contributed by atoms with E-state index in [2.05, 4.69) is 10.2 Å². The third-order valence-corrected chi connectivity index (χ3v) is 10.0. The molecule has 0 radical (unpaired) electrons. The maximum Gasteiger partial charge on any atom is 0.362 e. The van der Waals surface area contributed by atoms with Crippen molar-refractivity contribution in [1.82, 2.24) is 0 Å². The summed E-state index contributed by atoms with van der Waals surface area (Å²) in [6.45, 7) is 0.654. The average Bonchev–Trinajstić information content (AvgIpc) is 2.98. The van der Waals surface area contributed by atoms with Gasteiger partial charge < -0.3 is 9.84 Å². The quantitative estimate of drug-likeness (QED) is 0.0699. The number of nitrogens with zero attached hydrogens (tertiary/aromatic N) is 2. The molecule has 0 spiro atoms. The monoisotopic (exact) mass is 536 g/mol. The Morgan fingerprint density at radius 3 is 1.64 bits per heavy atom. The maximum absolute atomic E-state index is 13.0. The van der Waals surface area contributed by atoms with Gasteiger partial charge in [-0.15, -0.1) is 5.11 Å². The Balaban J connectivity index is 1.99. The van der Waals surface area contributed by atoms with Crippen LogP contribution < -0.4 is 15.9 Å². The fourth-order valence-corrected chi connectivity index (χ4v) is 7.93. The number of ether oxygens (including phenoxy) is 1. The molecule has 0 aromatic heterocycles. The van der Waals surface area contributed by atoms with Crippen LogP contribution in [0, 0.1) is 0 Å². The lowest BCUT2D eigenvalue weighted by molar-refractivity contribution is -0.138. The number of azo groups is 1. The smallest absolute Gasteiger partial charge is 0.362 e. The minimum atomic E-state index is -2.61. The predicted octanol–water partition coefficient (Wildman–Crippen LogP) is 6.10. The van der Waals surface area contributed by atoms with Gasteiger partial charge in [0.2, 0.25) is 5.70 Å². The van der Waals surface area contributed by atoms with Crippen molar-refractivity contribution in [3.05, 3.63) is 132 Å². The lowest BCUT2D eigenvalue weighted by atomic mass is 10.1. The van der Waals surface area contributed by atoms with E-state index in [0.717, 1.165) is 15.9 Å². The van der Waals surface area contributed by atoms with Gasteiger partial charge in [-0.25, -0.2) is 4.79 Å². The zero-order chi connectivity index (χ0) is 27.7. The molecule has 4 aromatic rings. The van der Waals surface area contributed by atoms with E-state index in [1.54, 1.807) is 37.0 Å². The van der Waals surface area contributed by atoms with Gasteiger partial charge >= 0.3 is 5.97 Å². The van der Waals surface area contributed by atoms with Crippen molar-refractivity contribution in [1.29, 1.82) is 0 Å². The summed E-state index contributed by atoms with van der Waals surface area (Å²) in [7, 11) is 0. The molecular formula is C32H29N2O4P. The van der Waals surface area contributed by atoms with E-state index >= 15 is 0 Å². The van der Waals surface area contributed by atoms with Gasteiger partial charge in [0.25, 0.3) is 0 Å². The first kappa shape index (κ1) is 27.5. The van der Waals surface area contributed by atoms with Gasteiger partial charge in [0, 0.05) is 5.56 Å². The molecule has 0 bridgehead atoms. The SMILES string of the molecule is CCOC(=O)C(N=Nc1ccc(C(C)=O)cc1)=C(O)C=P(c1ccccc1)(c1ccccc1)c1ccccc1. The topological polar surface area (TPSA) is 88.3 Å². The van der Waals surface area contributed by atoms with Crippen molar-refractivity contribution in [2.24, 2.45) is 10.2 Å². The molecule has 39 heavy (non-hydrogen) atoms. The van der Waals surface area contributed by atoms with Crippen LogP contribution in [-0.2, 0) is 9.53 Å². The van der Waals surface area contributed by atoms with E-state index in [0.29, 0.717) is 11.3 Å². The molecule has 0 saturated heterocycles. The van der Waals surface area contributed by atoms with Gasteiger partial charge in [0.05, 0.1) is 12.3 Å². The number of aliphatic hydroxyl groups is 1. The highest BCUT2D eigenvalue weighted by molar-refractivity contribution is 7.94. The summed E-state index contributed by atoms with van der Waals surface area (Å²) in [4.78, 5) is 24.6. The van der Waals surface area contributed by atoms with E-state index in [-0.39, 0.29) is 23.8 Å². The number of rotatable bonds is 9. The highest BCUT2D eigenvalue weighted by Gasteiger charge is 2.27. The molecule has 0 fully saturated rings. The van der Waals surface area contributed by atoms with Crippen molar-refractivity contribution in [2.75, 3.05) is 6.61 Å². The number of hydrogen-bond acceptors (Lipinski definition) is 6. The van der Waals surface area contributed by atoms with Crippen molar-refractivity contribution < 1.29 is 19.4 Å². The summed E-state index contributed by atoms with van der Waals surface area (Å²) in [6, 6.07) is 36.3. The second-order valence-corrected chi connectivity index (χ2v) is 11.9. The number of aliphatic hydroxyl groups excluding tert-OH is 1. The Morgan fingerprint density at radius 2 is 1.23 bits per heavy atom. The van der Waals surface area contributed by atoms with E-state index in [1.165, 1.54) is 6.92 Å². The van der Waals surface area contributed by atoms with Crippen molar-refractivity contribution >= 4 is 46.0 Å². The molecule has 1 N–H and O–H groups in total. The first-order valence-corrected chi connectivity index (χ1v) is 14.4. The van der Waals surface area contributed by atoms with Crippen LogP contribution in [0.25, 0.3) is 0 Å². The minimum absolute atomic E-state index is 0.0686. The molecule has 7 heteroatoms. The maximum atomic E-state index is 13.0. The van der Waals surface area contributed by atoms with Crippen LogP contribution in [0.2, 0.25) is 0 Å². The Labute approximate surface area is 228 Å². The molecule has 0 aliphatic heterocycles. The van der Waals surface area contributed by atoms with Gasteiger partial charge in [-0.3, -0.25) is 4.79 Å². The van der Waals surface area contributed by atoms with Crippen molar-refractivity contribution in [3.8, 4) is 0 Å². The summed E-state index contributed by atoms with van der Waals surface area (Å²) in [5, 5.41) is 22.9. The Kier molecular flexibility index (Phi) is 9.03. The van der Waals surface area contributed by atoms with Crippen LogP contribution in [0.5, 0.6) is 0 Å². The molecule has 0 aliphatic carbocycles. The number of benzene rings is 4. The van der Waals surface area contributed by atoms with E-state index in [9.17, 15) is 14.7 Å². The predicted molar refractivity (Wildman–Crippen MR) is 158 cm³/mol. The van der Waals surface area contributed by atoms with Gasteiger partial charge in [-0.2, -0.15) is 5.11 Å². The van der Waals surface area contributed by atoms with Crippen LogP contribution in [-0.4, -0.2) is 29.3 Å². The van der Waals surface area contributed by atoms with Crippen LogP contribution in [0.4, 0.5) is 5.69 Å². The Morgan fingerprint density at radius 1 is 0.769 bits per heavy atom. The first-order valence-electron chi connectivity index (χ1n) is 12.5. The van der Waals surface area contributed by atoms with Gasteiger partial charge in [0.15, 0.2) is 11.5 Å². The number of carbonyl (C=O) groups excluding carboxylic acids is 2. The van der Waals surface area contributed by atoms with Crippen LogP contribution in [0.15, 0.2) is 137 Å². The Bertz CT molecular complexity index is 1440. The molecule has 4 aromatic carbocycles. The van der Waals surface area contributed by atoms with E-state index < -0.39 is 12.9 Å². The molecule has 0 unspecified atom stereocenters. The van der Waals surface area contributed by atoms with Crippen LogP contribution in [0.1, 0.15) is 24.2 Å². The van der Waals surface area contributed by atoms with E-state index in [4.69, 9.17) is 4.74 Å². The third-order valence-electron chi connectivity index (χ3n) is 6.06. The zero-order valence-electron chi connectivity index (χ0n) is 21.8. The molecule has 0 atom stereocenters. The second-order valence-electron chi connectivity index (χ2n) is 8.62. The minimum Gasteiger partial charge on any atom is -0.505 e. The van der Waals surface area contributed by atoms with Crippen molar-refractivity contribution in [3.63, 3.8) is 0 Å². The number of Topliss-reactive ketones (excluding diaryl/α,β-unsaturated/α-hetero) is 1. The third kappa shape index (κ3) is 6.31. The average molecular weight is 537 g/mol. The summed E-state index contributed by atoms with van der Waals surface area (Å²) in [6.07, 6.45) is 0. The van der Waals surface area contributed by atoms with Gasteiger partial charge in [-0.1, -0.05) is 91.0 Å². The van der Waals surface area contributed by atoms with E-state index in [1.807, 2.05) is 91.0 Å². The summed E-state index contributed by atoms with van der Waals surface area (Å²) in [5.41, 5.74) is 0.652. The molecule has 4 rings (SSSR count). The number of carbonyl (C=O) groups is 2. The molecule has 196 valence electrons. The lowest BCUT2D eigenvalue weighted by Crippen LogP contribution is -2.27. The number of hydrogen-bond donors (Lipinski definition) is 1. The van der Waals surface area contributed by atoms with Crippen LogP contribution >= 0.6 is 6.89 Å². The number of ketones is 1. The summed E-state index contributed by atoms with van der Waals surface area (Å²) in [5.74, 6) is 0.544. The standard InChI is InChI=1S/C32H29N2O4P/c1-3-38-32(37)31(34-33-26-21-19-25(20-22-26)24(2)35)30(36)23-39(27-13-7-4-8-14-27,28-15-9-5-10-16-28)29-17-11-6-12-18-29/h4-23,36H,3H2,1-2H3. The molecule has 0 saturated carbocycles. The van der Waals surface area contributed by atoms with Crippen LogP contribution in [0.3, 0.4) is 0 Å². The largest absolute Gasteiger partial charge is 0.505 e. The summed E-state index contributed by atoms with van der Waals surface area (Å²) >= 11 is 0. The normalized spacial score (nSPS) is 12.1. The second kappa shape index (κ2) is 12.8. The Hall–Kier alpha value is -4.54. The highest BCUT2D eigenvalue weighted by Crippen LogP contribution is 2.44. The lowest BCUT2D eigenvalue weighted by Gasteiger charge is -2.28. The van der Waals surface area contributed by atoms with Gasteiger partial charge in [0.1, 0.15) is 0 Å². The zero-order valence-corrected chi connectivity index (χ0v) is 22.7. The molecular weight excluding hydrogens is 507 g/mol. The first-order chi connectivity index (χ1) is 19.0. The molecule has 0 aliphatic rings. The highest BCUT2D eigenvalue weighted by atomic mass is 31.2.